The maximum atomic E-state index is 11.7. The molecule has 1 aromatic carbocycles. The van der Waals surface area contributed by atoms with Crippen molar-refractivity contribution < 1.29 is 14.7 Å². The number of rotatable bonds is 5. The van der Waals surface area contributed by atoms with Gasteiger partial charge in [0.1, 0.15) is 0 Å². The van der Waals surface area contributed by atoms with Gasteiger partial charge in [0.15, 0.2) is 0 Å². The molecule has 1 heterocycles. The van der Waals surface area contributed by atoms with E-state index in [1.54, 1.807) is 24.3 Å². The van der Waals surface area contributed by atoms with E-state index in [-0.39, 0.29) is 12.1 Å². The van der Waals surface area contributed by atoms with Crippen molar-refractivity contribution in [3.63, 3.8) is 0 Å². The summed E-state index contributed by atoms with van der Waals surface area (Å²) in [7, 11) is 0. The maximum Gasteiger partial charge on any atom is 0.335 e. The number of nitrogens with one attached hydrogen (secondary N) is 2. The predicted molar refractivity (Wildman–Crippen MR) is 79.4 cm³/mol. The van der Waals surface area contributed by atoms with Gasteiger partial charge in [0.05, 0.1) is 5.56 Å². The van der Waals surface area contributed by atoms with E-state index in [1.807, 2.05) is 11.8 Å². The number of hydrogen-bond acceptors (Lipinski definition) is 3. The van der Waals surface area contributed by atoms with E-state index in [9.17, 15) is 9.59 Å². The number of carbonyl (C=O) groups excluding carboxylic acids is 1. The number of carboxylic acid groups (broad SMARTS) is 1. The molecule has 0 aliphatic carbocycles. The Bertz CT molecular complexity index is 487. The van der Waals surface area contributed by atoms with E-state index < -0.39 is 5.97 Å². The Morgan fingerprint density at radius 3 is 2.85 bits per heavy atom. The fourth-order valence-electron chi connectivity index (χ4n) is 2.14. The number of urea groups is 1. The lowest BCUT2D eigenvalue weighted by atomic mass is 10.0. The van der Waals surface area contributed by atoms with Crippen LogP contribution in [0.1, 0.15) is 22.3 Å². The highest BCUT2D eigenvalue weighted by Crippen LogP contribution is 2.16. The van der Waals surface area contributed by atoms with Crippen LogP contribution < -0.4 is 10.6 Å². The Morgan fingerprint density at radius 2 is 2.15 bits per heavy atom. The van der Waals surface area contributed by atoms with Gasteiger partial charge in [0.2, 0.25) is 0 Å². The fourth-order valence-corrected chi connectivity index (χ4v) is 3.29. The number of carboxylic acids is 1. The first-order valence-electron chi connectivity index (χ1n) is 6.60. The van der Waals surface area contributed by atoms with Crippen molar-refractivity contribution in [2.24, 2.45) is 0 Å². The van der Waals surface area contributed by atoms with Crippen LogP contribution in [0.2, 0.25) is 0 Å². The van der Waals surface area contributed by atoms with Crippen molar-refractivity contribution in [2.75, 3.05) is 18.1 Å². The minimum atomic E-state index is -0.937. The molecular formula is C14H18N2O3S. The molecule has 0 bridgehead atoms. The average Bonchev–Trinajstić information content (AvgIpc) is 2.92. The standard InChI is InChI=1S/C14H18N2O3S/c17-13(18)12-4-2-1-3-10(12)5-7-15-14(19)16-11-6-8-20-9-11/h1-4,11H,5-9H2,(H,17,18)(H2,15,16,19). The van der Waals surface area contributed by atoms with Crippen molar-refractivity contribution in [1.82, 2.24) is 10.6 Å². The van der Waals surface area contributed by atoms with E-state index in [4.69, 9.17) is 5.11 Å². The third kappa shape index (κ3) is 4.16. The number of amides is 2. The van der Waals surface area contributed by atoms with Crippen molar-refractivity contribution in [3.05, 3.63) is 35.4 Å². The van der Waals surface area contributed by atoms with Crippen LogP contribution in [-0.2, 0) is 6.42 Å². The summed E-state index contributed by atoms with van der Waals surface area (Å²) < 4.78 is 0. The van der Waals surface area contributed by atoms with E-state index in [2.05, 4.69) is 10.6 Å². The van der Waals surface area contributed by atoms with Gasteiger partial charge in [-0.25, -0.2) is 9.59 Å². The first-order chi connectivity index (χ1) is 9.66. The van der Waals surface area contributed by atoms with Gasteiger partial charge in [-0.1, -0.05) is 18.2 Å². The summed E-state index contributed by atoms with van der Waals surface area (Å²) in [6, 6.07) is 6.93. The number of aromatic carboxylic acids is 1. The number of thioether (sulfide) groups is 1. The van der Waals surface area contributed by atoms with Crippen LogP contribution in [0.3, 0.4) is 0 Å². The summed E-state index contributed by atoms with van der Waals surface area (Å²) in [5, 5.41) is 14.7. The molecule has 2 rings (SSSR count). The predicted octanol–water partition coefficient (Wildman–Crippen LogP) is 1.73. The third-order valence-electron chi connectivity index (χ3n) is 3.19. The van der Waals surface area contributed by atoms with E-state index in [1.165, 1.54) is 0 Å². The molecule has 6 heteroatoms. The molecule has 1 aliphatic heterocycles. The summed E-state index contributed by atoms with van der Waals surface area (Å²) >= 11 is 1.84. The van der Waals surface area contributed by atoms with Crippen LogP contribution in [0, 0.1) is 0 Å². The summed E-state index contributed by atoms with van der Waals surface area (Å²) in [4.78, 5) is 22.7. The van der Waals surface area contributed by atoms with E-state index >= 15 is 0 Å². The lowest BCUT2D eigenvalue weighted by molar-refractivity contribution is 0.0695. The highest BCUT2D eigenvalue weighted by Gasteiger charge is 2.17. The normalized spacial score (nSPS) is 17.7. The second-order valence-electron chi connectivity index (χ2n) is 4.67. The van der Waals surface area contributed by atoms with Crippen molar-refractivity contribution >= 4 is 23.8 Å². The Labute approximate surface area is 122 Å². The summed E-state index contributed by atoms with van der Waals surface area (Å²) in [5.74, 6) is 1.12. The topological polar surface area (TPSA) is 78.4 Å². The van der Waals surface area contributed by atoms with Gasteiger partial charge in [0, 0.05) is 18.3 Å². The van der Waals surface area contributed by atoms with E-state index in [0.717, 1.165) is 23.5 Å². The molecule has 0 radical (unpaired) electrons. The first kappa shape index (κ1) is 14.7. The van der Waals surface area contributed by atoms with Crippen molar-refractivity contribution in [2.45, 2.75) is 18.9 Å². The minimum absolute atomic E-state index is 0.176. The second-order valence-corrected chi connectivity index (χ2v) is 5.82. The fraction of sp³-hybridized carbons (Fsp3) is 0.429. The smallest absolute Gasteiger partial charge is 0.335 e. The summed E-state index contributed by atoms with van der Waals surface area (Å²) in [6.07, 6.45) is 1.52. The molecule has 1 saturated heterocycles. The molecule has 1 atom stereocenters. The molecule has 108 valence electrons. The zero-order valence-electron chi connectivity index (χ0n) is 11.1. The SMILES string of the molecule is O=C(NCCc1ccccc1C(=O)O)NC1CCSC1. The molecule has 1 aromatic rings. The highest BCUT2D eigenvalue weighted by atomic mass is 32.2. The first-order valence-corrected chi connectivity index (χ1v) is 7.75. The quantitative estimate of drug-likeness (QED) is 0.773. The lowest BCUT2D eigenvalue weighted by Gasteiger charge is -2.12. The second kappa shape index (κ2) is 7.19. The van der Waals surface area contributed by atoms with Crippen LogP contribution in [0.4, 0.5) is 4.79 Å². The lowest BCUT2D eigenvalue weighted by Crippen LogP contribution is -2.42. The Balaban J connectivity index is 1.78. The molecular weight excluding hydrogens is 276 g/mol. The van der Waals surface area contributed by atoms with Crippen molar-refractivity contribution in [1.29, 1.82) is 0 Å². The van der Waals surface area contributed by atoms with Gasteiger partial charge in [-0.2, -0.15) is 11.8 Å². The highest BCUT2D eigenvalue weighted by molar-refractivity contribution is 7.99. The summed E-state index contributed by atoms with van der Waals surface area (Å²) in [5.41, 5.74) is 1.03. The van der Waals surface area contributed by atoms with E-state index in [0.29, 0.717) is 18.5 Å². The minimum Gasteiger partial charge on any atom is -0.478 e. The molecule has 5 nitrogen and oxygen atoms in total. The van der Waals surface area contributed by atoms with Crippen molar-refractivity contribution in [3.8, 4) is 0 Å². The van der Waals surface area contributed by atoms with Gasteiger partial charge in [-0.15, -0.1) is 0 Å². The number of hydrogen-bond donors (Lipinski definition) is 3. The average molecular weight is 294 g/mol. The Morgan fingerprint density at radius 1 is 1.35 bits per heavy atom. The van der Waals surface area contributed by atoms with Gasteiger partial charge >= 0.3 is 12.0 Å². The monoisotopic (exact) mass is 294 g/mol. The van der Waals surface area contributed by atoms with Gasteiger partial charge in [-0.05, 0) is 30.2 Å². The molecule has 1 unspecified atom stereocenters. The van der Waals surface area contributed by atoms with Crippen LogP contribution in [0.25, 0.3) is 0 Å². The molecule has 2 amide bonds. The molecule has 20 heavy (non-hydrogen) atoms. The van der Waals surface area contributed by atoms with Gasteiger partial charge in [-0.3, -0.25) is 0 Å². The maximum absolute atomic E-state index is 11.7. The van der Waals surface area contributed by atoms with Gasteiger partial charge < -0.3 is 15.7 Å². The molecule has 0 spiro atoms. The number of benzene rings is 1. The Kier molecular flexibility index (Phi) is 5.29. The van der Waals surface area contributed by atoms with Crippen LogP contribution in [0.15, 0.2) is 24.3 Å². The third-order valence-corrected chi connectivity index (χ3v) is 4.36. The zero-order chi connectivity index (χ0) is 14.4. The summed E-state index contributed by atoms with van der Waals surface area (Å²) in [6.45, 7) is 0.427. The molecule has 1 fully saturated rings. The van der Waals surface area contributed by atoms with Gasteiger partial charge in [0.25, 0.3) is 0 Å². The molecule has 1 aliphatic rings. The largest absolute Gasteiger partial charge is 0.478 e. The number of carbonyl (C=O) groups is 2. The Hall–Kier alpha value is -1.69. The molecule has 0 aromatic heterocycles. The molecule has 3 N–H and O–H groups in total. The van der Waals surface area contributed by atoms with Crippen LogP contribution >= 0.6 is 11.8 Å². The molecule has 0 saturated carbocycles. The zero-order valence-corrected chi connectivity index (χ0v) is 11.9. The van der Waals surface area contributed by atoms with Crippen LogP contribution in [0.5, 0.6) is 0 Å². The van der Waals surface area contributed by atoms with Crippen LogP contribution in [-0.4, -0.2) is 41.2 Å².